The van der Waals surface area contributed by atoms with E-state index in [2.05, 4.69) is 10.3 Å². The van der Waals surface area contributed by atoms with E-state index in [0.717, 1.165) is 22.2 Å². The zero-order valence-corrected chi connectivity index (χ0v) is 15.0. The Morgan fingerprint density at radius 1 is 1.15 bits per heavy atom. The van der Waals surface area contributed by atoms with Crippen LogP contribution in [0, 0.1) is 13.8 Å². The van der Waals surface area contributed by atoms with E-state index < -0.39 is 23.7 Å². The van der Waals surface area contributed by atoms with Crippen LogP contribution in [0.5, 0.6) is 0 Å². The van der Waals surface area contributed by atoms with Gasteiger partial charge >= 0.3 is 6.18 Å². The molecule has 2 aromatic rings. The minimum absolute atomic E-state index is 0.117. The molecule has 1 aliphatic heterocycles. The predicted octanol–water partition coefficient (Wildman–Crippen LogP) is 4.82. The van der Waals surface area contributed by atoms with Crippen molar-refractivity contribution in [1.82, 2.24) is 0 Å². The molecule has 0 saturated carbocycles. The topological polar surface area (TPSA) is 41.5 Å². The Morgan fingerprint density at radius 3 is 2.50 bits per heavy atom. The number of carbonyl (C=O) groups is 1. The Kier molecular flexibility index (Phi) is 5.09. The molecule has 0 spiro atoms. The van der Waals surface area contributed by atoms with Crippen LogP contribution in [0.2, 0.25) is 0 Å². The number of nitrogens with one attached hydrogen (secondary N) is 1. The van der Waals surface area contributed by atoms with Gasteiger partial charge in [0.05, 0.1) is 10.6 Å². The van der Waals surface area contributed by atoms with Crippen molar-refractivity contribution in [3.63, 3.8) is 0 Å². The number of aryl methyl sites for hydroxylation is 2. The van der Waals surface area contributed by atoms with E-state index in [1.165, 1.54) is 30.8 Å². The quantitative estimate of drug-likeness (QED) is 0.832. The number of thioether (sulfide) groups is 1. The van der Waals surface area contributed by atoms with Gasteiger partial charge in [-0.1, -0.05) is 35.9 Å². The molecule has 26 heavy (non-hydrogen) atoms. The van der Waals surface area contributed by atoms with E-state index in [1.54, 1.807) is 0 Å². The predicted molar refractivity (Wildman–Crippen MR) is 98.8 cm³/mol. The summed E-state index contributed by atoms with van der Waals surface area (Å²) < 4.78 is 39.0. The zero-order chi connectivity index (χ0) is 18.9. The van der Waals surface area contributed by atoms with Crippen LogP contribution in [0.4, 0.5) is 18.9 Å². The lowest BCUT2D eigenvalue weighted by Gasteiger charge is -2.13. The first-order chi connectivity index (χ1) is 12.2. The normalized spacial score (nSPS) is 17.1. The van der Waals surface area contributed by atoms with Crippen molar-refractivity contribution < 1.29 is 18.0 Å². The summed E-state index contributed by atoms with van der Waals surface area (Å²) in [5.74, 6) is 0.0594. The molecule has 0 radical (unpaired) electrons. The fourth-order valence-electron chi connectivity index (χ4n) is 2.59. The summed E-state index contributed by atoms with van der Waals surface area (Å²) >= 11 is 1.47. The van der Waals surface area contributed by atoms with Crippen LogP contribution in [0.15, 0.2) is 47.5 Å². The number of alkyl halides is 3. The van der Waals surface area contributed by atoms with Crippen LogP contribution >= 0.6 is 11.8 Å². The summed E-state index contributed by atoms with van der Waals surface area (Å²) in [7, 11) is 0. The van der Waals surface area contributed by atoms with Crippen molar-refractivity contribution in [2.75, 3.05) is 11.1 Å². The molecular formula is C19H17F3N2OS. The van der Waals surface area contributed by atoms with Crippen molar-refractivity contribution in [3.05, 3.63) is 64.7 Å². The van der Waals surface area contributed by atoms with Crippen molar-refractivity contribution >= 4 is 28.4 Å². The summed E-state index contributed by atoms with van der Waals surface area (Å²) in [6, 6.07) is 11.0. The van der Waals surface area contributed by atoms with Crippen molar-refractivity contribution in [2.45, 2.75) is 26.1 Å². The van der Waals surface area contributed by atoms with Gasteiger partial charge < -0.3 is 5.32 Å². The SMILES string of the molecule is Cc1ccc(C2=NC(C(=O)Nc3ccc(C)c(C(F)(F)F)c3)CS2)cc1. The monoisotopic (exact) mass is 378 g/mol. The van der Waals surface area contributed by atoms with E-state index in [0.29, 0.717) is 5.75 Å². The summed E-state index contributed by atoms with van der Waals surface area (Å²) in [4.78, 5) is 16.8. The van der Waals surface area contributed by atoms with Gasteiger partial charge in [0.15, 0.2) is 0 Å². The Hall–Kier alpha value is -2.28. The maximum Gasteiger partial charge on any atom is 0.416 e. The number of aliphatic imine (C=N–C) groups is 1. The first-order valence-electron chi connectivity index (χ1n) is 8.00. The number of carbonyl (C=O) groups excluding carboxylic acids is 1. The van der Waals surface area contributed by atoms with E-state index in [1.807, 2.05) is 31.2 Å². The molecule has 0 saturated heterocycles. The second kappa shape index (κ2) is 7.15. The Balaban J connectivity index is 1.74. The highest BCUT2D eigenvalue weighted by Gasteiger charge is 2.33. The van der Waals surface area contributed by atoms with Crippen molar-refractivity contribution in [2.24, 2.45) is 4.99 Å². The average molecular weight is 378 g/mol. The number of hydrogen-bond donors (Lipinski definition) is 1. The molecule has 1 unspecified atom stereocenters. The summed E-state index contributed by atoms with van der Waals surface area (Å²) in [5, 5.41) is 3.31. The Labute approximate surface area is 153 Å². The lowest BCUT2D eigenvalue weighted by Crippen LogP contribution is -2.26. The van der Waals surface area contributed by atoms with Crippen LogP contribution in [-0.2, 0) is 11.0 Å². The van der Waals surface area contributed by atoms with Gasteiger partial charge in [0, 0.05) is 17.0 Å². The highest BCUT2D eigenvalue weighted by Crippen LogP contribution is 2.33. The van der Waals surface area contributed by atoms with E-state index in [4.69, 9.17) is 0 Å². The fraction of sp³-hybridized carbons (Fsp3) is 0.263. The molecular weight excluding hydrogens is 361 g/mol. The number of benzene rings is 2. The number of amides is 1. The third-order valence-electron chi connectivity index (χ3n) is 4.06. The van der Waals surface area contributed by atoms with Crippen LogP contribution < -0.4 is 5.32 Å². The summed E-state index contributed by atoms with van der Waals surface area (Å²) in [5.41, 5.74) is 1.56. The van der Waals surface area contributed by atoms with E-state index in [9.17, 15) is 18.0 Å². The van der Waals surface area contributed by atoms with E-state index >= 15 is 0 Å². The van der Waals surface area contributed by atoms with Gasteiger partial charge in [-0.3, -0.25) is 9.79 Å². The second-order valence-electron chi connectivity index (χ2n) is 6.14. The molecule has 136 valence electrons. The van der Waals surface area contributed by atoms with Crippen LogP contribution in [0.25, 0.3) is 0 Å². The molecule has 0 aliphatic carbocycles. The highest BCUT2D eigenvalue weighted by molar-refractivity contribution is 8.14. The fourth-order valence-corrected chi connectivity index (χ4v) is 3.64. The first-order valence-corrected chi connectivity index (χ1v) is 8.99. The molecule has 1 atom stereocenters. The van der Waals surface area contributed by atoms with Crippen LogP contribution in [0.1, 0.15) is 22.3 Å². The first kappa shape index (κ1) is 18.5. The molecule has 7 heteroatoms. The lowest BCUT2D eigenvalue weighted by molar-refractivity contribution is -0.138. The zero-order valence-electron chi connectivity index (χ0n) is 14.2. The van der Waals surface area contributed by atoms with E-state index in [-0.39, 0.29) is 11.3 Å². The summed E-state index contributed by atoms with van der Waals surface area (Å²) in [6.45, 7) is 3.38. The average Bonchev–Trinajstić information content (AvgIpc) is 3.06. The maximum atomic E-state index is 13.0. The number of nitrogens with zero attached hydrogens (tertiary/aromatic N) is 1. The molecule has 1 aliphatic rings. The molecule has 3 rings (SSSR count). The standard InChI is InChI=1S/C19H17F3N2OS/c1-11-3-6-13(7-4-11)18-24-16(10-26-18)17(25)23-14-8-5-12(2)15(9-14)19(20,21)22/h3-9,16H,10H2,1-2H3,(H,23,25). The molecule has 1 N–H and O–H groups in total. The van der Waals surface area contributed by atoms with Gasteiger partial charge in [0.25, 0.3) is 0 Å². The largest absolute Gasteiger partial charge is 0.416 e. The van der Waals surface area contributed by atoms with Gasteiger partial charge in [-0.05, 0) is 31.5 Å². The maximum absolute atomic E-state index is 13.0. The second-order valence-corrected chi connectivity index (χ2v) is 7.15. The van der Waals surface area contributed by atoms with Crippen LogP contribution in [-0.4, -0.2) is 22.7 Å². The molecule has 0 bridgehead atoms. The van der Waals surface area contributed by atoms with Crippen molar-refractivity contribution in [1.29, 1.82) is 0 Å². The molecule has 0 fully saturated rings. The van der Waals surface area contributed by atoms with Gasteiger partial charge in [-0.25, -0.2) is 0 Å². The van der Waals surface area contributed by atoms with Gasteiger partial charge in [0.1, 0.15) is 6.04 Å². The third-order valence-corrected chi connectivity index (χ3v) is 5.16. The summed E-state index contributed by atoms with van der Waals surface area (Å²) in [6.07, 6.45) is -4.45. The van der Waals surface area contributed by atoms with Gasteiger partial charge in [0.2, 0.25) is 5.91 Å². The van der Waals surface area contributed by atoms with Crippen LogP contribution in [0.3, 0.4) is 0 Å². The number of rotatable bonds is 3. The minimum atomic E-state index is -4.45. The lowest BCUT2D eigenvalue weighted by atomic mass is 10.1. The molecule has 3 nitrogen and oxygen atoms in total. The van der Waals surface area contributed by atoms with Gasteiger partial charge in [-0.15, -0.1) is 11.8 Å². The highest BCUT2D eigenvalue weighted by atomic mass is 32.2. The molecule has 1 amide bonds. The molecule has 2 aromatic carbocycles. The number of halogens is 3. The van der Waals surface area contributed by atoms with Gasteiger partial charge in [-0.2, -0.15) is 13.2 Å². The molecule has 0 aromatic heterocycles. The molecule has 1 heterocycles. The Bertz CT molecular complexity index is 860. The third kappa shape index (κ3) is 4.09. The Morgan fingerprint density at radius 2 is 1.85 bits per heavy atom. The van der Waals surface area contributed by atoms with Crippen molar-refractivity contribution in [3.8, 4) is 0 Å². The number of hydrogen-bond acceptors (Lipinski definition) is 3. The number of anilines is 1. The smallest absolute Gasteiger partial charge is 0.324 e. The minimum Gasteiger partial charge on any atom is -0.324 e.